The Morgan fingerprint density at radius 3 is 2.44 bits per heavy atom. The molecule has 0 spiro atoms. The summed E-state index contributed by atoms with van der Waals surface area (Å²) >= 11 is 6.06. The normalized spacial score (nSPS) is 19.8. The molecule has 0 N–H and O–H groups in total. The van der Waals surface area contributed by atoms with E-state index < -0.39 is 0 Å². The van der Waals surface area contributed by atoms with Gasteiger partial charge in [-0.1, -0.05) is 36.6 Å². The van der Waals surface area contributed by atoms with Crippen LogP contribution in [0.25, 0.3) is 0 Å². The number of amides is 1. The van der Waals surface area contributed by atoms with Crippen LogP contribution in [0.4, 0.5) is 0 Å². The van der Waals surface area contributed by atoms with Crippen LogP contribution in [0, 0.1) is 0 Å². The van der Waals surface area contributed by atoms with E-state index in [1.54, 1.807) is 12.3 Å². The second-order valence-corrected chi connectivity index (χ2v) is 7.89. The predicted molar refractivity (Wildman–Crippen MR) is 104 cm³/mol. The molecule has 0 atom stereocenters. The molecule has 1 saturated carbocycles. The molecule has 0 bridgehead atoms. The third kappa shape index (κ3) is 3.79. The number of halogens is 1. The lowest BCUT2D eigenvalue weighted by Gasteiger charge is -2.38. The van der Waals surface area contributed by atoms with Crippen molar-refractivity contribution in [2.75, 3.05) is 13.1 Å². The van der Waals surface area contributed by atoms with Gasteiger partial charge in [0.05, 0.1) is 5.41 Å². The molecule has 6 heteroatoms. The summed E-state index contributed by atoms with van der Waals surface area (Å²) < 4.78 is 5.93. The summed E-state index contributed by atoms with van der Waals surface area (Å²) in [6.45, 7) is 1.45. The van der Waals surface area contributed by atoms with Gasteiger partial charge in [0.2, 0.25) is 11.8 Å². The van der Waals surface area contributed by atoms with E-state index in [0.717, 1.165) is 57.2 Å². The molecule has 27 heavy (non-hydrogen) atoms. The van der Waals surface area contributed by atoms with Crippen LogP contribution >= 0.6 is 11.6 Å². The monoisotopic (exact) mass is 385 g/mol. The highest BCUT2D eigenvalue weighted by Gasteiger charge is 2.45. The second-order valence-electron chi connectivity index (χ2n) is 7.45. The Morgan fingerprint density at radius 2 is 1.81 bits per heavy atom. The Hall–Kier alpha value is -2.14. The number of rotatable bonds is 4. The van der Waals surface area contributed by atoms with E-state index in [2.05, 4.69) is 9.97 Å². The molecular formula is C21H24ClN3O2. The van der Waals surface area contributed by atoms with Crippen molar-refractivity contribution in [1.29, 1.82) is 0 Å². The Bertz CT molecular complexity index is 768. The molecule has 2 heterocycles. The molecular weight excluding hydrogens is 362 g/mol. The van der Waals surface area contributed by atoms with E-state index in [-0.39, 0.29) is 17.4 Å². The highest BCUT2D eigenvalue weighted by atomic mass is 35.5. The minimum atomic E-state index is -0.384. The number of hydrogen-bond acceptors (Lipinski definition) is 4. The van der Waals surface area contributed by atoms with Gasteiger partial charge in [0.1, 0.15) is 12.4 Å². The minimum Gasteiger partial charge on any atom is -0.474 e. The fraction of sp³-hybridized carbons (Fsp3) is 0.476. The quantitative estimate of drug-likeness (QED) is 0.797. The maximum Gasteiger partial charge on any atom is 0.233 e. The lowest BCUT2D eigenvalue weighted by atomic mass is 9.77. The van der Waals surface area contributed by atoms with Gasteiger partial charge >= 0.3 is 0 Å². The van der Waals surface area contributed by atoms with Crippen molar-refractivity contribution in [3.63, 3.8) is 0 Å². The molecule has 1 amide bonds. The Kier molecular flexibility index (Phi) is 5.30. The summed E-state index contributed by atoms with van der Waals surface area (Å²) in [6.07, 6.45) is 8.96. The zero-order valence-corrected chi connectivity index (χ0v) is 16.1. The van der Waals surface area contributed by atoms with Gasteiger partial charge in [-0.3, -0.25) is 4.79 Å². The first kappa shape index (κ1) is 18.2. The molecule has 2 aromatic rings. The van der Waals surface area contributed by atoms with E-state index in [1.165, 1.54) is 6.33 Å². The number of carbonyl (C=O) groups excluding carboxylic acids is 1. The molecule has 0 radical (unpaired) electrons. The van der Waals surface area contributed by atoms with Crippen LogP contribution in [0.3, 0.4) is 0 Å². The Balaban J connectivity index is 1.43. The first-order valence-corrected chi connectivity index (χ1v) is 10.0. The average molecular weight is 386 g/mol. The van der Waals surface area contributed by atoms with Crippen LogP contribution < -0.4 is 4.74 Å². The van der Waals surface area contributed by atoms with Crippen molar-refractivity contribution in [1.82, 2.24) is 14.9 Å². The number of carbonyl (C=O) groups is 1. The van der Waals surface area contributed by atoms with Crippen molar-refractivity contribution in [3.8, 4) is 5.88 Å². The van der Waals surface area contributed by atoms with Crippen LogP contribution in [0.2, 0.25) is 5.02 Å². The molecule has 2 aliphatic rings. The summed E-state index contributed by atoms with van der Waals surface area (Å²) in [5, 5.41) is 0.710. The third-order valence-corrected chi connectivity index (χ3v) is 6.09. The summed E-state index contributed by atoms with van der Waals surface area (Å²) in [4.78, 5) is 23.6. The third-order valence-electron chi connectivity index (χ3n) is 5.83. The molecule has 1 saturated heterocycles. The lowest BCUT2D eigenvalue weighted by molar-refractivity contribution is -0.139. The summed E-state index contributed by atoms with van der Waals surface area (Å²) in [6, 6.07) is 9.61. The zero-order chi connectivity index (χ0) is 18.7. The van der Waals surface area contributed by atoms with Crippen LogP contribution in [0.1, 0.15) is 44.1 Å². The van der Waals surface area contributed by atoms with Gasteiger partial charge in [0.25, 0.3) is 0 Å². The first-order chi connectivity index (χ1) is 13.2. The summed E-state index contributed by atoms with van der Waals surface area (Å²) in [5.41, 5.74) is 0.721. The van der Waals surface area contributed by atoms with Gasteiger partial charge in [0.15, 0.2) is 0 Å². The Labute approximate surface area is 164 Å². The van der Waals surface area contributed by atoms with E-state index in [1.807, 2.05) is 29.2 Å². The van der Waals surface area contributed by atoms with E-state index in [0.29, 0.717) is 10.9 Å². The van der Waals surface area contributed by atoms with Crippen molar-refractivity contribution >= 4 is 17.5 Å². The fourth-order valence-electron chi connectivity index (χ4n) is 4.37. The average Bonchev–Trinajstić information content (AvgIpc) is 3.20. The van der Waals surface area contributed by atoms with Crippen molar-refractivity contribution < 1.29 is 9.53 Å². The summed E-state index contributed by atoms with van der Waals surface area (Å²) in [5.74, 6) is 0.867. The SMILES string of the molecule is O=C(N1CCC(Oc2ccncn2)CC1)C1(c2ccc(Cl)cc2)CCCC1. The molecule has 1 aromatic carbocycles. The molecule has 2 fully saturated rings. The minimum absolute atomic E-state index is 0.0963. The number of piperidine rings is 1. The molecule has 4 rings (SSSR count). The zero-order valence-electron chi connectivity index (χ0n) is 15.3. The highest BCUT2D eigenvalue weighted by Crippen LogP contribution is 2.43. The molecule has 5 nitrogen and oxygen atoms in total. The van der Waals surface area contributed by atoms with Gasteiger partial charge in [0, 0.05) is 43.2 Å². The van der Waals surface area contributed by atoms with Crippen molar-refractivity contribution in [2.45, 2.75) is 50.0 Å². The number of aromatic nitrogens is 2. The number of benzene rings is 1. The van der Waals surface area contributed by atoms with Gasteiger partial charge < -0.3 is 9.64 Å². The van der Waals surface area contributed by atoms with E-state index in [9.17, 15) is 4.79 Å². The number of hydrogen-bond donors (Lipinski definition) is 0. The number of nitrogens with zero attached hydrogens (tertiary/aromatic N) is 3. The van der Waals surface area contributed by atoms with Gasteiger partial charge in [-0.2, -0.15) is 0 Å². The smallest absolute Gasteiger partial charge is 0.233 e. The van der Waals surface area contributed by atoms with Crippen LogP contribution in [-0.2, 0) is 10.2 Å². The van der Waals surface area contributed by atoms with E-state index in [4.69, 9.17) is 16.3 Å². The highest BCUT2D eigenvalue weighted by molar-refractivity contribution is 6.30. The number of likely N-dealkylation sites (tertiary alicyclic amines) is 1. The van der Waals surface area contributed by atoms with Crippen LogP contribution in [0.5, 0.6) is 5.88 Å². The molecule has 0 unspecified atom stereocenters. The topological polar surface area (TPSA) is 55.3 Å². The standard InChI is InChI=1S/C21H24ClN3O2/c22-17-5-3-16(4-6-17)21(10-1-2-11-21)20(26)25-13-8-18(9-14-25)27-19-7-12-23-15-24-19/h3-7,12,15,18H,1-2,8-11,13-14H2. The lowest BCUT2D eigenvalue weighted by Crippen LogP contribution is -2.50. The second kappa shape index (κ2) is 7.85. The van der Waals surface area contributed by atoms with Crippen molar-refractivity contribution in [3.05, 3.63) is 53.4 Å². The predicted octanol–water partition coefficient (Wildman–Crippen LogP) is 4.01. The van der Waals surface area contributed by atoms with Gasteiger partial charge in [-0.25, -0.2) is 9.97 Å². The maximum absolute atomic E-state index is 13.5. The van der Waals surface area contributed by atoms with Crippen LogP contribution in [0.15, 0.2) is 42.9 Å². The van der Waals surface area contributed by atoms with Crippen molar-refractivity contribution in [2.24, 2.45) is 0 Å². The fourth-order valence-corrected chi connectivity index (χ4v) is 4.50. The molecule has 1 aromatic heterocycles. The maximum atomic E-state index is 13.5. The number of ether oxygens (including phenoxy) is 1. The van der Waals surface area contributed by atoms with Gasteiger partial charge in [-0.15, -0.1) is 0 Å². The van der Waals surface area contributed by atoms with E-state index >= 15 is 0 Å². The largest absolute Gasteiger partial charge is 0.474 e. The molecule has 1 aliphatic heterocycles. The van der Waals surface area contributed by atoms with Crippen LogP contribution in [-0.4, -0.2) is 40.0 Å². The Morgan fingerprint density at radius 1 is 1.11 bits per heavy atom. The molecule has 142 valence electrons. The van der Waals surface area contributed by atoms with Gasteiger partial charge in [-0.05, 0) is 30.5 Å². The summed E-state index contributed by atoms with van der Waals surface area (Å²) in [7, 11) is 0. The molecule has 1 aliphatic carbocycles. The first-order valence-electron chi connectivity index (χ1n) is 9.65.